The second-order valence-corrected chi connectivity index (χ2v) is 7.08. The Morgan fingerprint density at radius 1 is 0.609 bits per heavy atom. The highest BCUT2D eigenvalue weighted by Gasteiger charge is 2.33. The predicted molar refractivity (Wildman–Crippen MR) is 99.0 cm³/mol. The maximum absolute atomic E-state index is 2.37. The molecule has 4 aliphatic carbocycles. The Labute approximate surface area is 139 Å². The van der Waals surface area contributed by atoms with Crippen molar-refractivity contribution in [2.45, 2.75) is 34.1 Å². The molecule has 0 aliphatic heterocycles. The molecule has 0 bridgehead atoms. The molecule has 116 valence electrons. The van der Waals surface area contributed by atoms with Crippen LogP contribution in [0.25, 0.3) is 0 Å². The molecule has 0 aromatic heterocycles. The highest BCUT2D eigenvalue weighted by atomic mass is 14.4. The van der Waals surface area contributed by atoms with E-state index in [0.717, 1.165) is 6.42 Å². The van der Waals surface area contributed by atoms with Crippen LogP contribution in [0.15, 0.2) is 93.2 Å². The first-order valence-corrected chi connectivity index (χ1v) is 8.61. The van der Waals surface area contributed by atoms with Gasteiger partial charge in [0.25, 0.3) is 0 Å². The van der Waals surface area contributed by atoms with Crippen LogP contribution < -0.4 is 0 Å². The Kier molecular flexibility index (Phi) is 3.30. The molecular weight excluding hydrogens is 276 g/mol. The molecule has 4 rings (SSSR count). The largest absolute Gasteiger partial charge is 0.0729 e. The minimum Gasteiger partial charge on any atom is -0.0729 e. The molecule has 23 heavy (non-hydrogen) atoms. The Morgan fingerprint density at radius 2 is 1.04 bits per heavy atom. The number of allylic oxidation sites excluding steroid dienone is 16. The molecule has 0 saturated carbocycles. The molecule has 0 heteroatoms. The summed E-state index contributed by atoms with van der Waals surface area (Å²) in [5.41, 5.74) is 12.2. The molecule has 2 unspecified atom stereocenters. The number of hydrogen-bond acceptors (Lipinski definition) is 0. The van der Waals surface area contributed by atoms with E-state index in [0.29, 0.717) is 11.8 Å². The maximum Gasteiger partial charge on any atom is 0.0243 e. The summed E-state index contributed by atoms with van der Waals surface area (Å²) in [7, 11) is 0. The molecule has 0 fully saturated rings. The molecular formula is C23H24. The van der Waals surface area contributed by atoms with Gasteiger partial charge in [-0.05, 0) is 67.6 Å². The fourth-order valence-corrected chi connectivity index (χ4v) is 4.48. The molecule has 0 nitrogen and oxygen atoms in total. The van der Waals surface area contributed by atoms with Gasteiger partial charge in [-0.2, -0.15) is 0 Å². The lowest BCUT2D eigenvalue weighted by Crippen LogP contribution is -2.08. The van der Waals surface area contributed by atoms with Gasteiger partial charge in [-0.1, -0.05) is 59.8 Å². The molecule has 0 heterocycles. The van der Waals surface area contributed by atoms with Crippen molar-refractivity contribution >= 4 is 0 Å². The fraction of sp³-hybridized carbons (Fsp3) is 0.304. The third-order valence-electron chi connectivity index (χ3n) is 6.14. The first-order chi connectivity index (χ1) is 11.1. The summed E-state index contributed by atoms with van der Waals surface area (Å²) in [4.78, 5) is 0. The minimum atomic E-state index is 0.493. The van der Waals surface area contributed by atoms with Crippen molar-refractivity contribution in [3.8, 4) is 0 Å². The molecule has 0 N–H and O–H groups in total. The Morgan fingerprint density at radius 3 is 1.48 bits per heavy atom. The van der Waals surface area contributed by atoms with Crippen LogP contribution in [-0.2, 0) is 0 Å². The second-order valence-electron chi connectivity index (χ2n) is 7.08. The minimum absolute atomic E-state index is 0.493. The van der Waals surface area contributed by atoms with E-state index in [9.17, 15) is 0 Å². The zero-order chi connectivity index (χ0) is 16.1. The van der Waals surface area contributed by atoms with E-state index in [2.05, 4.69) is 76.3 Å². The second kappa shape index (κ2) is 5.23. The summed E-state index contributed by atoms with van der Waals surface area (Å²) in [5.74, 6) is 0.987. The summed E-state index contributed by atoms with van der Waals surface area (Å²) >= 11 is 0. The monoisotopic (exact) mass is 300 g/mol. The van der Waals surface area contributed by atoms with Gasteiger partial charge in [-0.25, -0.2) is 0 Å². The SMILES string of the molecule is CC1=C2C=CC=CC2C(CC2=C(C)C(C)=C3C=CC=CC32)=C1C. The van der Waals surface area contributed by atoms with Gasteiger partial charge in [0.15, 0.2) is 0 Å². The molecule has 0 aromatic carbocycles. The molecule has 4 aliphatic rings. The van der Waals surface area contributed by atoms with Gasteiger partial charge in [0.2, 0.25) is 0 Å². The quantitative estimate of drug-likeness (QED) is 0.573. The molecule has 0 amide bonds. The van der Waals surface area contributed by atoms with Crippen molar-refractivity contribution in [1.82, 2.24) is 0 Å². The van der Waals surface area contributed by atoms with Crippen LogP contribution in [0.5, 0.6) is 0 Å². The van der Waals surface area contributed by atoms with Crippen molar-refractivity contribution in [2.75, 3.05) is 0 Å². The Bertz CT molecular complexity index is 755. The third-order valence-corrected chi connectivity index (χ3v) is 6.14. The Balaban J connectivity index is 1.70. The van der Waals surface area contributed by atoms with Crippen molar-refractivity contribution in [2.24, 2.45) is 11.8 Å². The van der Waals surface area contributed by atoms with Gasteiger partial charge in [-0.15, -0.1) is 0 Å². The molecule has 0 saturated heterocycles. The van der Waals surface area contributed by atoms with Crippen molar-refractivity contribution < 1.29 is 0 Å². The summed E-state index contributed by atoms with van der Waals surface area (Å²) in [6, 6.07) is 0. The average molecular weight is 300 g/mol. The van der Waals surface area contributed by atoms with Gasteiger partial charge in [0.05, 0.1) is 0 Å². The van der Waals surface area contributed by atoms with Crippen LogP contribution in [0.3, 0.4) is 0 Å². The van der Waals surface area contributed by atoms with Crippen LogP contribution >= 0.6 is 0 Å². The third kappa shape index (κ3) is 2.05. The lowest BCUT2D eigenvalue weighted by atomic mass is 9.82. The van der Waals surface area contributed by atoms with Crippen LogP contribution in [0.1, 0.15) is 34.1 Å². The predicted octanol–water partition coefficient (Wildman–Crippen LogP) is 6.15. The van der Waals surface area contributed by atoms with Crippen LogP contribution in [0.2, 0.25) is 0 Å². The van der Waals surface area contributed by atoms with Crippen LogP contribution in [-0.4, -0.2) is 0 Å². The first kappa shape index (κ1) is 14.5. The molecule has 0 radical (unpaired) electrons. The molecule has 2 atom stereocenters. The standard InChI is InChI=1S/C23H24/c1-14-16(3)22(20-11-7-5-9-18(14)20)13-23-17(4)15(2)19-10-6-8-12-21(19)23/h5-12,20-21H,13H2,1-4H3. The van der Waals surface area contributed by atoms with Gasteiger partial charge >= 0.3 is 0 Å². The van der Waals surface area contributed by atoms with E-state index in [-0.39, 0.29) is 0 Å². The van der Waals surface area contributed by atoms with Gasteiger partial charge in [0, 0.05) is 11.8 Å². The van der Waals surface area contributed by atoms with E-state index in [1.165, 1.54) is 33.4 Å². The highest BCUT2D eigenvalue weighted by molar-refractivity contribution is 5.61. The molecule has 0 aromatic rings. The summed E-state index contributed by atoms with van der Waals surface area (Å²) in [6.07, 6.45) is 19.2. The normalized spacial score (nSPS) is 28.5. The van der Waals surface area contributed by atoms with E-state index in [1.807, 2.05) is 0 Å². The number of fused-ring (bicyclic) bond motifs is 2. The fourth-order valence-electron chi connectivity index (χ4n) is 4.48. The average Bonchev–Trinajstić information content (AvgIpc) is 2.97. The highest BCUT2D eigenvalue weighted by Crippen LogP contribution is 2.48. The van der Waals surface area contributed by atoms with Gasteiger partial charge in [0.1, 0.15) is 0 Å². The lowest BCUT2D eigenvalue weighted by Gasteiger charge is -2.21. The summed E-state index contributed by atoms with van der Waals surface area (Å²) in [6.45, 7) is 9.17. The number of rotatable bonds is 2. The maximum atomic E-state index is 2.37. The zero-order valence-electron chi connectivity index (χ0n) is 14.5. The molecule has 0 spiro atoms. The van der Waals surface area contributed by atoms with Crippen LogP contribution in [0.4, 0.5) is 0 Å². The van der Waals surface area contributed by atoms with Crippen molar-refractivity contribution in [3.63, 3.8) is 0 Å². The van der Waals surface area contributed by atoms with Crippen molar-refractivity contribution in [1.29, 1.82) is 0 Å². The topological polar surface area (TPSA) is 0 Å². The number of hydrogen-bond donors (Lipinski definition) is 0. The summed E-state index contributed by atoms with van der Waals surface area (Å²) in [5, 5.41) is 0. The van der Waals surface area contributed by atoms with Crippen molar-refractivity contribution in [3.05, 3.63) is 93.2 Å². The van der Waals surface area contributed by atoms with Gasteiger partial charge < -0.3 is 0 Å². The van der Waals surface area contributed by atoms with Gasteiger partial charge in [-0.3, -0.25) is 0 Å². The van der Waals surface area contributed by atoms with E-state index in [4.69, 9.17) is 0 Å². The van der Waals surface area contributed by atoms with E-state index in [1.54, 1.807) is 11.1 Å². The summed E-state index contributed by atoms with van der Waals surface area (Å²) < 4.78 is 0. The van der Waals surface area contributed by atoms with E-state index < -0.39 is 0 Å². The lowest BCUT2D eigenvalue weighted by molar-refractivity contribution is 0.809. The van der Waals surface area contributed by atoms with E-state index >= 15 is 0 Å². The zero-order valence-corrected chi connectivity index (χ0v) is 14.5. The smallest absolute Gasteiger partial charge is 0.0243 e. The Hall–Kier alpha value is -2.08. The van der Waals surface area contributed by atoms with Crippen LogP contribution in [0, 0.1) is 11.8 Å². The first-order valence-electron chi connectivity index (χ1n) is 8.61.